The Morgan fingerprint density at radius 2 is 2.10 bits per heavy atom. The Hall–Kier alpha value is -1.95. The smallest absolute Gasteiger partial charge is 0.222 e. The van der Waals surface area contributed by atoms with E-state index in [9.17, 15) is 9.50 Å². The Labute approximate surface area is 122 Å². The van der Waals surface area contributed by atoms with Crippen LogP contribution in [0.2, 0.25) is 0 Å². The summed E-state index contributed by atoms with van der Waals surface area (Å²) in [4.78, 5) is 10.4. The third kappa shape index (κ3) is 2.40. The van der Waals surface area contributed by atoms with E-state index in [1.807, 2.05) is 18.0 Å². The molecule has 1 heterocycles. The zero-order valence-corrected chi connectivity index (χ0v) is 11.9. The molecule has 0 unspecified atom stereocenters. The van der Waals surface area contributed by atoms with E-state index < -0.39 is 12.1 Å². The summed E-state index contributed by atoms with van der Waals surface area (Å²) in [5.41, 5.74) is 0.881. The largest absolute Gasteiger partial charge is 0.493 e. The molecule has 21 heavy (non-hydrogen) atoms. The molecule has 5 nitrogen and oxygen atoms in total. The van der Waals surface area contributed by atoms with E-state index in [2.05, 4.69) is 9.97 Å². The SMILES string of the molecule is CN(CCO)c1ccc2nc(C3(CF)CC3)nc(O)c2c1. The molecular weight excluding hydrogens is 273 g/mol. The van der Waals surface area contributed by atoms with Crippen LogP contribution in [0, 0.1) is 0 Å². The summed E-state index contributed by atoms with van der Waals surface area (Å²) in [6.45, 7) is 0.0560. The fraction of sp³-hybridized carbons (Fsp3) is 0.467. The van der Waals surface area contributed by atoms with Gasteiger partial charge in [-0.3, -0.25) is 0 Å². The van der Waals surface area contributed by atoms with Crippen molar-refractivity contribution in [3.63, 3.8) is 0 Å². The second kappa shape index (κ2) is 5.11. The molecule has 0 spiro atoms. The van der Waals surface area contributed by atoms with Crippen LogP contribution in [0.3, 0.4) is 0 Å². The number of alkyl halides is 1. The van der Waals surface area contributed by atoms with E-state index in [1.165, 1.54) is 0 Å². The average Bonchev–Trinajstić information content (AvgIpc) is 3.28. The van der Waals surface area contributed by atoms with Gasteiger partial charge in [-0.25, -0.2) is 9.37 Å². The molecule has 2 N–H and O–H groups in total. The number of hydrogen-bond donors (Lipinski definition) is 2. The van der Waals surface area contributed by atoms with Crippen molar-refractivity contribution in [1.82, 2.24) is 9.97 Å². The van der Waals surface area contributed by atoms with Crippen LogP contribution in [0.4, 0.5) is 10.1 Å². The average molecular weight is 291 g/mol. The molecule has 0 radical (unpaired) electrons. The molecule has 0 bridgehead atoms. The molecule has 0 aliphatic heterocycles. The van der Waals surface area contributed by atoms with Gasteiger partial charge in [0.15, 0.2) is 0 Å². The maximum Gasteiger partial charge on any atom is 0.222 e. The zero-order valence-electron chi connectivity index (χ0n) is 11.9. The van der Waals surface area contributed by atoms with Crippen LogP contribution in [0.15, 0.2) is 18.2 Å². The second-order valence-corrected chi connectivity index (χ2v) is 5.63. The fourth-order valence-electron chi connectivity index (χ4n) is 2.42. The molecule has 2 aromatic rings. The molecular formula is C15H18FN3O2. The lowest BCUT2D eigenvalue weighted by atomic mass is 10.1. The molecule has 1 aliphatic carbocycles. The first kappa shape index (κ1) is 14.0. The Morgan fingerprint density at radius 1 is 1.33 bits per heavy atom. The summed E-state index contributed by atoms with van der Waals surface area (Å²) in [6.07, 6.45) is 1.46. The summed E-state index contributed by atoms with van der Waals surface area (Å²) in [5.74, 6) is 0.278. The van der Waals surface area contributed by atoms with Crippen LogP contribution < -0.4 is 4.90 Å². The quantitative estimate of drug-likeness (QED) is 0.878. The number of anilines is 1. The minimum atomic E-state index is -0.585. The van der Waals surface area contributed by atoms with Crippen LogP contribution in [-0.4, -0.2) is 47.1 Å². The van der Waals surface area contributed by atoms with Gasteiger partial charge in [-0.15, -0.1) is 0 Å². The van der Waals surface area contributed by atoms with Gasteiger partial charge in [0.2, 0.25) is 5.88 Å². The van der Waals surface area contributed by atoms with E-state index in [1.54, 1.807) is 12.1 Å². The third-order valence-corrected chi connectivity index (χ3v) is 4.12. The summed E-state index contributed by atoms with van der Waals surface area (Å²) in [6, 6.07) is 5.43. The molecule has 1 aromatic carbocycles. The number of benzene rings is 1. The number of nitrogens with zero attached hydrogens (tertiary/aromatic N) is 3. The van der Waals surface area contributed by atoms with Crippen molar-refractivity contribution in [1.29, 1.82) is 0 Å². The van der Waals surface area contributed by atoms with Crippen molar-refractivity contribution < 1.29 is 14.6 Å². The highest BCUT2D eigenvalue weighted by Crippen LogP contribution is 2.47. The highest BCUT2D eigenvalue weighted by atomic mass is 19.1. The number of aromatic nitrogens is 2. The van der Waals surface area contributed by atoms with Gasteiger partial charge in [0, 0.05) is 19.3 Å². The summed E-state index contributed by atoms with van der Waals surface area (Å²) in [5, 5.41) is 19.6. The van der Waals surface area contributed by atoms with Crippen molar-refractivity contribution in [2.24, 2.45) is 0 Å². The van der Waals surface area contributed by atoms with E-state index in [0.29, 0.717) is 23.3 Å². The predicted octanol–water partition coefficient (Wildman–Crippen LogP) is 1.76. The van der Waals surface area contributed by atoms with Gasteiger partial charge < -0.3 is 15.1 Å². The van der Waals surface area contributed by atoms with Crippen molar-refractivity contribution in [3.8, 4) is 5.88 Å². The van der Waals surface area contributed by atoms with Crippen molar-refractivity contribution in [3.05, 3.63) is 24.0 Å². The number of rotatable bonds is 5. The van der Waals surface area contributed by atoms with Crippen molar-refractivity contribution in [2.45, 2.75) is 18.3 Å². The van der Waals surface area contributed by atoms with Gasteiger partial charge in [0.1, 0.15) is 12.5 Å². The van der Waals surface area contributed by atoms with E-state index >= 15 is 0 Å². The normalized spacial score (nSPS) is 16.1. The monoisotopic (exact) mass is 291 g/mol. The summed E-state index contributed by atoms with van der Waals surface area (Å²) < 4.78 is 13.1. The number of hydrogen-bond acceptors (Lipinski definition) is 5. The Kier molecular flexibility index (Phi) is 3.41. The fourth-order valence-corrected chi connectivity index (χ4v) is 2.42. The molecule has 1 aliphatic rings. The summed E-state index contributed by atoms with van der Waals surface area (Å²) in [7, 11) is 1.85. The Balaban J connectivity index is 2.03. The van der Waals surface area contributed by atoms with Gasteiger partial charge >= 0.3 is 0 Å². The number of fused-ring (bicyclic) bond motifs is 1. The minimum Gasteiger partial charge on any atom is -0.493 e. The van der Waals surface area contributed by atoms with Crippen LogP contribution >= 0.6 is 0 Å². The first-order chi connectivity index (χ1) is 10.1. The molecule has 1 aromatic heterocycles. The van der Waals surface area contributed by atoms with Crippen molar-refractivity contribution in [2.75, 3.05) is 31.8 Å². The first-order valence-electron chi connectivity index (χ1n) is 6.99. The van der Waals surface area contributed by atoms with Gasteiger partial charge in [-0.1, -0.05) is 0 Å². The Bertz CT molecular complexity index is 673. The molecule has 1 saturated carbocycles. The number of likely N-dealkylation sites (N-methyl/N-ethyl adjacent to an activating group) is 1. The lowest BCUT2D eigenvalue weighted by molar-refractivity contribution is 0.304. The molecule has 0 amide bonds. The third-order valence-electron chi connectivity index (χ3n) is 4.12. The molecule has 3 rings (SSSR count). The van der Waals surface area contributed by atoms with Gasteiger partial charge in [-0.2, -0.15) is 4.98 Å². The molecule has 6 heteroatoms. The number of halogens is 1. The van der Waals surface area contributed by atoms with Crippen LogP contribution in [0.25, 0.3) is 10.9 Å². The molecule has 0 atom stereocenters. The van der Waals surface area contributed by atoms with Gasteiger partial charge in [0.25, 0.3) is 0 Å². The Morgan fingerprint density at radius 3 is 2.71 bits per heavy atom. The highest BCUT2D eigenvalue weighted by Gasteiger charge is 2.47. The molecule has 1 fully saturated rings. The first-order valence-corrected chi connectivity index (χ1v) is 6.99. The topological polar surface area (TPSA) is 69.5 Å². The lowest BCUT2D eigenvalue weighted by Crippen LogP contribution is -2.21. The van der Waals surface area contributed by atoms with E-state index in [-0.39, 0.29) is 12.5 Å². The minimum absolute atomic E-state index is 0.0506. The van der Waals surface area contributed by atoms with Gasteiger partial charge in [-0.05, 0) is 31.0 Å². The highest BCUT2D eigenvalue weighted by molar-refractivity contribution is 5.86. The van der Waals surface area contributed by atoms with E-state index in [4.69, 9.17) is 5.11 Å². The van der Waals surface area contributed by atoms with Gasteiger partial charge in [0.05, 0.1) is 22.9 Å². The maximum atomic E-state index is 13.1. The van der Waals surface area contributed by atoms with Crippen LogP contribution in [-0.2, 0) is 5.41 Å². The van der Waals surface area contributed by atoms with E-state index in [0.717, 1.165) is 18.5 Å². The van der Waals surface area contributed by atoms with Crippen LogP contribution in [0.5, 0.6) is 5.88 Å². The predicted molar refractivity (Wildman–Crippen MR) is 78.4 cm³/mol. The van der Waals surface area contributed by atoms with Crippen LogP contribution in [0.1, 0.15) is 18.7 Å². The lowest BCUT2D eigenvalue weighted by Gasteiger charge is -2.18. The number of aliphatic hydroxyl groups excluding tert-OH is 1. The summed E-state index contributed by atoms with van der Waals surface area (Å²) >= 11 is 0. The van der Waals surface area contributed by atoms with Crippen molar-refractivity contribution >= 4 is 16.6 Å². The standard InChI is InChI=1S/C15H18FN3O2/c1-19(6-7-20)10-2-3-12-11(8-10)13(21)18-14(17-12)15(9-16)4-5-15/h2-3,8,20H,4-7,9H2,1H3,(H,17,18,21). The zero-order chi connectivity index (χ0) is 15.0. The molecule has 112 valence electrons. The second-order valence-electron chi connectivity index (χ2n) is 5.63. The number of aromatic hydroxyl groups is 1. The maximum absolute atomic E-state index is 13.1. The number of aliphatic hydroxyl groups is 1. The molecule has 0 saturated heterocycles.